The second kappa shape index (κ2) is 10.3. The van der Waals surface area contributed by atoms with E-state index in [4.69, 9.17) is 9.47 Å². The van der Waals surface area contributed by atoms with Crippen LogP contribution in [-0.2, 0) is 6.54 Å². The van der Waals surface area contributed by atoms with Crippen LogP contribution in [-0.4, -0.2) is 30.2 Å². The summed E-state index contributed by atoms with van der Waals surface area (Å²) in [5.74, 6) is 2.31. The number of hydrogen-bond donors (Lipinski definition) is 1. The first-order valence-corrected chi connectivity index (χ1v) is 12.1. The van der Waals surface area contributed by atoms with Crippen molar-refractivity contribution in [1.82, 2.24) is 9.88 Å². The van der Waals surface area contributed by atoms with Crippen LogP contribution < -0.4 is 14.8 Å². The number of rotatable bonds is 7. The summed E-state index contributed by atoms with van der Waals surface area (Å²) >= 11 is 0. The van der Waals surface area contributed by atoms with Crippen LogP contribution >= 0.6 is 0 Å². The molecule has 0 atom stereocenters. The number of unbranched alkanes of at least 4 members (excludes halogenated alkanes) is 1. The minimum Gasteiger partial charge on any atom is -0.490 e. The van der Waals surface area contributed by atoms with Crippen molar-refractivity contribution >= 4 is 5.91 Å². The molecule has 1 fully saturated rings. The second-order valence-corrected chi connectivity index (χ2v) is 8.96. The molecule has 0 saturated heterocycles. The Balaban J connectivity index is 1.68. The van der Waals surface area contributed by atoms with Crippen LogP contribution in [0.25, 0.3) is 11.3 Å². The van der Waals surface area contributed by atoms with Crippen molar-refractivity contribution in [2.45, 2.75) is 71.8 Å². The highest BCUT2D eigenvalue weighted by Crippen LogP contribution is 2.37. The zero-order chi connectivity index (χ0) is 21.6. The average molecular weight is 425 g/mol. The molecule has 2 heterocycles. The third kappa shape index (κ3) is 5.08. The lowest BCUT2D eigenvalue weighted by Crippen LogP contribution is -2.25. The number of nitrogens with one attached hydrogen (secondary N) is 1. The molecule has 1 aromatic carbocycles. The van der Waals surface area contributed by atoms with Gasteiger partial charge in [-0.25, -0.2) is 0 Å². The summed E-state index contributed by atoms with van der Waals surface area (Å²) in [6.45, 7) is 7.28. The number of fused-ring (bicyclic) bond motifs is 1. The van der Waals surface area contributed by atoms with E-state index < -0.39 is 0 Å². The molecule has 4 rings (SSSR count). The van der Waals surface area contributed by atoms with Crippen molar-refractivity contribution in [2.24, 2.45) is 5.92 Å². The van der Waals surface area contributed by atoms with Crippen LogP contribution in [0, 0.1) is 12.8 Å². The van der Waals surface area contributed by atoms with Crippen LogP contribution in [0.2, 0.25) is 0 Å². The molecule has 5 heteroatoms. The predicted octanol–water partition coefficient (Wildman–Crippen LogP) is 5.74. The van der Waals surface area contributed by atoms with Gasteiger partial charge in [0.1, 0.15) is 0 Å². The maximum atomic E-state index is 12.9. The van der Waals surface area contributed by atoms with Gasteiger partial charge in [0, 0.05) is 36.5 Å². The van der Waals surface area contributed by atoms with Crippen molar-refractivity contribution < 1.29 is 14.3 Å². The van der Waals surface area contributed by atoms with Crippen molar-refractivity contribution in [3.63, 3.8) is 0 Å². The topological polar surface area (TPSA) is 52.5 Å². The molecule has 1 amide bonds. The van der Waals surface area contributed by atoms with Gasteiger partial charge in [-0.15, -0.1) is 0 Å². The number of ether oxygens (including phenoxy) is 2. The van der Waals surface area contributed by atoms with Crippen LogP contribution in [0.15, 0.2) is 24.3 Å². The van der Waals surface area contributed by atoms with Gasteiger partial charge in [-0.05, 0) is 56.4 Å². The van der Waals surface area contributed by atoms with E-state index in [-0.39, 0.29) is 5.91 Å². The van der Waals surface area contributed by atoms with Gasteiger partial charge < -0.3 is 19.4 Å². The number of nitrogens with zero attached hydrogens (tertiary/aromatic N) is 1. The Morgan fingerprint density at radius 3 is 2.61 bits per heavy atom. The highest BCUT2D eigenvalue weighted by molar-refractivity contribution is 5.97. The summed E-state index contributed by atoms with van der Waals surface area (Å²) in [4.78, 5) is 12.9. The minimum atomic E-state index is 0.0314. The Morgan fingerprint density at radius 1 is 1.06 bits per heavy atom. The molecule has 1 N–H and O–H groups in total. The number of carbonyl (C=O) groups is 1. The third-order valence-electron chi connectivity index (χ3n) is 6.64. The van der Waals surface area contributed by atoms with Gasteiger partial charge in [-0.3, -0.25) is 4.79 Å². The summed E-state index contributed by atoms with van der Waals surface area (Å²) in [6.07, 6.45) is 9.49. The standard InChI is InChI=1S/C26H36N2O3/c1-3-4-13-27-26(29)22-17-23(28(19(22)2)18-20-9-6-5-7-10-20)21-11-12-24-25(16-21)31-15-8-14-30-24/h11-12,16-17,20H,3-10,13-15,18H2,1-2H3,(H,27,29). The highest BCUT2D eigenvalue weighted by atomic mass is 16.5. The molecular weight excluding hydrogens is 388 g/mol. The van der Waals surface area contributed by atoms with E-state index in [1.165, 1.54) is 32.1 Å². The molecule has 0 spiro atoms. The largest absolute Gasteiger partial charge is 0.490 e. The van der Waals surface area contributed by atoms with E-state index >= 15 is 0 Å². The predicted molar refractivity (Wildman–Crippen MR) is 124 cm³/mol. The molecule has 168 valence electrons. The van der Waals surface area contributed by atoms with Gasteiger partial charge in [-0.1, -0.05) is 32.6 Å². The quantitative estimate of drug-likeness (QED) is 0.577. The molecule has 2 aliphatic rings. The van der Waals surface area contributed by atoms with Crippen molar-refractivity contribution in [2.75, 3.05) is 19.8 Å². The maximum Gasteiger partial charge on any atom is 0.253 e. The second-order valence-electron chi connectivity index (χ2n) is 8.96. The fraction of sp³-hybridized carbons (Fsp3) is 0.577. The Kier molecular flexibility index (Phi) is 7.21. The molecule has 0 bridgehead atoms. The Bertz CT molecular complexity index is 896. The summed E-state index contributed by atoms with van der Waals surface area (Å²) in [7, 11) is 0. The SMILES string of the molecule is CCCCNC(=O)c1cc(-c2ccc3c(c2)OCCCO3)n(CC2CCCCC2)c1C. The van der Waals surface area contributed by atoms with E-state index in [0.717, 1.165) is 66.4 Å². The maximum absolute atomic E-state index is 12.9. The molecule has 31 heavy (non-hydrogen) atoms. The molecule has 2 aromatic rings. The van der Waals surface area contributed by atoms with E-state index in [1.54, 1.807) is 0 Å². The summed E-state index contributed by atoms with van der Waals surface area (Å²) in [5, 5.41) is 3.10. The smallest absolute Gasteiger partial charge is 0.253 e. The molecule has 1 aliphatic carbocycles. The Hall–Kier alpha value is -2.43. The van der Waals surface area contributed by atoms with E-state index in [2.05, 4.69) is 41.9 Å². The van der Waals surface area contributed by atoms with Gasteiger partial charge in [0.05, 0.1) is 18.8 Å². The van der Waals surface area contributed by atoms with Crippen LogP contribution in [0.4, 0.5) is 0 Å². The molecule has 0 radical (unpaired) electrons. The number of hydrogen-bond acceptors (Lipinski definition) is 3. The van der Waals surface area contributed by atoms with Crippen LogP contribution in [0.5, 0.6) is 11.5 Å². The lowest BCUT2D eigenvalue weighted by molar-refractivity contribution is 0.0952. The van der Waals surface area contributed by atoms with Gasteiger partial charge in [0.15, 0.2) is 11.5 Å². The summed E-state index contributed by atoms with van der Waals surface area (Å²) in [6, 6.07) is 8.24. The fourth-order valence-corrected chi connectivity index (χ4v) is 4.77. The third-order valence-corrected chi connectivity index (χ3v) is 6.64. The van der Waals surface area contributed by atoms with Crippen molar-refractivity contribution in [3.05, 3.63) is 35.5 Å². The van der Waals surface area contributed by atoms with E-state index in [1.807, 2.05) is 6.07 Å². The van der Waals surface area contributed by atoms with Crippen LogP contribution in [0.1, 0.15) is 74.3 Å². The molecule has 1 aromatic heterocycles. The minimum absolute atomic E-state index is 0.0314. The first-order chi connectivity index (χ1) is 15.2. The molecule has 0 unspecified atom stereocenters. The molecule has 1 aliphatic heterocycles. The van der Waals surface area contributed by atoms with Crippen molar-refractivity contribution in [3.8, 4) is 22.8 Å². The zero-order valence-electron chi connectivity index (χ0n) is 19.0. The number of amides is 1. The van der Waals surface area contributed by atoms with Crippen LogP contribution in [0.3, 0.4) is 0 Å². The van der Waals surface area contributed by atoms with Crippen molar-refractivity contribution in [1.29, 1.82) is 0 Å². The summed E-state index contributed by atoms with van der Waals surface area (Å²) < 4.78 is 14.1. The first-order valence-electron chi connectivity index (χ1n) is 12.1. The number of aromatic nitrogens is 1. The van der Waals surface area contributed by atoms with E-state index in [0.29, 0.717) is 19.1 Å². The molecule has 1 saturated carbocycles. The Labute approximate surface area is 186 Å². The fourth-order valence-electron chi connectivity index (χ4n) is 4.77. The Morgan fingerprint density at radius 2 is 1.84 bits per heavy atom. The highest BCUT2D eigenvalue weighted by Gasteiger charge is 2.23. The van der Waals surface area contributed by atoms with Gasteiger partial charge in [-0.2, -0.15) is 0 Å². The first kappa shape index (κ1) is 21.8. The zero-order valence-corrected chi connectivity index (χ0v) is 19.0. The average Bonchev–Trinajstić information content (AvgIpc) is 2.96. The van der Waals surface area contributed by atoms with Gasteiger partial charge >= 0.3 is 0 Å². The lowest BCUT2D eigenvalue weighted by atomic mass is 9.89. The van der Waals surface area contributed by atoms with Gasteiger partial charge in [0.2, 0.25) is 0 Å². The monoisotopic (exact) mass is 424 g/mol. The number of carbonyl (C=O) groups excluding carboxylic acids is 1. The molecule has 5 nitrogen and oxygen atoms in total. The summed E-state index contributed by atoms with van der Waals surface area (Å²) in [5.41, 5.74) is 4.02. The van der Waals surface area contributed by atoms with Gasteiger partial charge in [0.25, 0.3) is 5.91 Å². The van der Waals surface area contributed by atoms with E-state index in [9.17, 15) is 4.79 Å². The molecular formula is C26H36N2O3. The number of benzene rings is 1. The normalized spacial score (nSPS) is 16.7. The lowest BCUT2D eigenvalue weighted by Gasteiger charge is -2.24.